The van der Waals surface area contributed by atoms with Gasteiger partial charge < -0.3 is 39.8 Å². The van der Waals surface area contributed by atoms with Crippen molar-refractivity contribution in [2.45, 2.75) is 19.8 Å². The number of rotatable bonds is 0. The van der Waals surface area contributed by atoms with Gasteiger partial charge in [0.2, 0.25) is 0 Å². The smallest absolute Gasteiger partial charge is 0.258 e. The normalized spacial score (nSPS) is 17.0. The maximum Gasteiger partial charge on any atom is 0.258 e. The Bertz CT molecular complexity index is 1500. The topological polar surface area (TPSA) is 136 Å². The molecule has 0 saturated heterocycles. The number of phenols is 2. The van der Waals surface area contributed by atoms with Crippen LogP contribution in [0.4, 0.5) is 0 Å². The number of benzene rings is 4. The molecule has 2 amide bonds. The van der Waals surface area contributed by atoms with Gasteiger partial charge >= 0.3 is 0 Å². The van der Waals surface area contributed by atoms with Gasteiger partial charge in [-0.25, -0.2) is 0 Å². The third-order valence-electron chi connectivity index (χ3n) is 7.52. The average molecular weight is 603 g/mol. The molecule has 0 aromatic heterocycles. The van der Waals surface area contributed by atoms with Crippen LogP contribution in [0.2, 0.25) is 0 Å². The van der Waals surface area contributed by atoms with Gasteiger partial charge in [-0.2, -0.15) is 0 Å². The van der Waals surface area contributed by atoms with E-state index in [4.69, 9.17) is 18.9 Å². The molecular weight excluding hydrogens is 564 g/mol. The monoisotopic (exact) mass is 602 g/mol. The highest BCUT2D eigenvalue weighted by Gasteiger charge is 2.21. The number of phenolic OH excluding ortho intramolecular Hbond substituents is 2. The van der Waals surface area contributed by atoms with E-state index in [1.807, 2.05) is 55.5 Å². The lowest BCUT2D eigenvalue weighted by Gasteiger charge is -2.20. The van der Waals surface area contributed by atoms with E-state index in [1.165, 1.54) is 0 Å². The molecule has 5 rings (SSSR count). The highest BCUT2D eigenvalue weighted by Crippen LogP contribution is 2.41. The average Bonchev–Trinajstić information content (AvgIpc) is 3.02. The van der Waals surface area contributed by atoms with Gasteiger partial charge in [0.15, 0.2) is 36.2 Å². The molecular formula is C34H38N2O8. The zero-order chi connectivity index (χ0) is 30.9. The van der Waals surface area contributed by atoms with Crippen LogP contribution in [-0.4, -0.2) is 74.8 Å². The third kappa shape index (κ3) is 7.69. The molecule has 0 fully saturated rings. The number of carbonyl (C=O) groups is 2. The Labute approximate surface area is 255 Å². The molecule has 44 heavy (non-hydrogen) atoms. The second-order valence-corrected chi connectivity index (χ2v) is 10.9. The lowest BCUT2D eigenvalue weighted by Crippen LogP contribution is -2.32. The Morgan fingerprint density at radius 1 is 0.659 bits per heavy atom. The summed E-state index contributed by atoms with van der Waals surface area (Å²) in [4.78, 5) is 24.8. The van der Waals surface area contributed by atoms with E-state index in [0.717, 1.165) is 21.5 Å². The second kappa shape index (κ2) is 14.8. The Morgan fingerprint density at radius 2 is 1.09 bits per heavy atom. The van der Waals surface area contributed by atoms with Crippen LogP contribution in [0.3, 0.4) is 0 Å². The molecule has 0 radical (unpaired) electrons. The quantitative estimate of drug-likeness (QED) is 0.238. The van der Waals surface area contributed by atoms with Crippen LogP contribution in [0.1, 0.15) is 18.1 Å². The van der Waals surface area contributed by atoms with Gasteiger partial charge in [0.1, 0.15) is 0 Å². The molecule has 0 spiro atoms. The molecule has 4 N–H and O–H groups in total. The van der Waals surface area contributed by atoms with Crippen molar-refractivity contribution in [1.29, 1.82) is 0 Å². The summed E-state index contributed by atoms with van der Waals surface area (Å²) in [6.07, 6.45) is 0.937. The number of fused-ring (bicyclic) bond motifs is 8. The molecule has 4 aromatic rings. The number of carbonyl (C=O) groups excluding carboxylic acids is 2. The maximum atomic E-state index is 12.4. The first-order valence-electron chi connectivity index (χ1n) is 14.8. The van der Waals surface area contributed by atoms with E-state index in [-0.39, 0.29) is 53.9 Å². The fraction of sp³-hybridized carbons (Fsp3) is 0.353. The standard InChI is InChI=1S/C34H38N2O8/c1-22-16-27-25-8-4-2-6-23(25)18-29(33(27)39)43-20-31(37)35-10-12-41-14-15-42-13-11-36-32(38)21-44-30-19-24-7-3-5-9-26(24)28(17-22)34(30)40/h2-9,18-19,22,39-40H,10-17,20-21H2,1H3,(H,35,37)(H,36,38). The van der Waals surface area contributed by atoms with E-state index >= 15 is 0 Å². The van der Waals surface area contributed by atoms with Gasteiger partial charge in [0.05, 0.1) is 26.4 Å². The Morgan fingerprint density at radius 3 is 1.55 bits per heavy atom. The number of hydrogen-bond donors (Lipinski definition) is 4. The molecule has 1 heterocycles. The highest BCUT2D eigenvalue weighted by molar-refractivity contribution is 5.91. The van der Waals surface area contributed by atoms with Gasteiger partial charge in [0.25, 0.3) is 11.8 Å². The van der Waals surface area contributed by atoms with Gasteiger partial charge in [-0.15, -0.1) is 0 Å². The largest absolute Gasteiger partial charge is 0.504 e. The van der Waals surface area contributed by atoms with E-state index in [9.17, 15) is 19.8 Å². The minimum Gasteiger partial charge on any atom is -0.504 e. The summed E-state index contributed by atoms with van der Waals surface area (Å²) in [7, 11) is 0. The fourth-order valence-electron chi connectivity index (χ4n) is 5.41. The van der Waals surface area contributed by atoms with Crippen molar-refractivity contribution in [2.75, 3.05) is 52.7 Å². The summed E-state index contributed by atoms with van der Waals surface area (Å²) in [6.45, 7) is 3.38. The van der Waals surface area contributed by atoms with Crippen LogP contribution in [0.25, 0.3) is 21.5 Å². The molecule has 0 aliphatic carbocycles. The Hall–Kier alpha value is -4.54. The van der Waals surface area contributed by atoms with Gasteiger partial charge in [-0.05, 0) is 52.4 Å². The molecule has 10 nitrogen and oxygen atoms in total. The van der Waals surface area contributed by atoms with Gasteiger partial charge in [-0.3, -0.25) is 9.59 Å². The summed E-state index contributed by atoms with van der Waals surface area (Å²) in [5.41, 5.74) is 1.39. The van der Waals surface area contributed by atoms with Crippen molar-refractivity contribution < 1.29 is 38.7 Å². The Balaban J connectivity index is 1.45. The SMILES string of the molecule is CC1Cc2c(O)c(cc3ccccc23)OCC(=O)NCCOCCOCCNC(=O)COc2cc3ccccc3c(c2O)C1. The van der Waals surface area contributed by atoms with Gasteiger partial charge in [-0.1, -0.05) is 55.5 Å². The Kier molecular flexibility index (Phi) is 10.4. The summed E-state index contributed by atoms with van der Waals surface area (Å²) in [5.74, 6) is -0.297. The van der Waals surface area contributed by atoms with Crippen LogP contribution in [0.5, 0.6) is 23.0 Å². The van der Waals surface area contributed by atoms with Gasteiger partial charge in [0, 0.05) is 24.2 Å². The molecule has 0 unspecified atom stereocenters. The minimum atomic E-state index is -0.335. The van der Waals surface area contributed by atoms with Crippen LogP contribution in [0.15, 0.2) is 60.7 Å². The van der Waals surface area contributed by atoms with E-state index in [1.54, 1.807) is 12.1 Å². The molecule has 4 aromatic carbocycles. The van der Waals surface area contributed by atoms with Crippen molar-refractivity contribution in [2.24, 2.45) is 5.92 Å². The van der Waals surface area contributed by atoms with Crippen molar-refractivity contribution >= 4 is 33.4 Å². The predicted octanol–water partition coefficient (Wildman–Crippen LogP) is 3.86. The van der Waals surface area contributed by atoms with Crippen LogP contribution >= 0.6 is 0 Å². The number of ether oxygens (including phenoxy) is 4. The fourth-order valence-corrected chi connectivity index (χ4v) is 5.41. The molecule has 0 saturated carbocycles. The molecule has 4 bridgehead atoms. The van der Waals surface area contributed by atoms with E-state index in [2.05, 4.69) is 10.6 Å². The first kappa shape index (κ1) is 30.9. The van der Waals surface area contributed by atoms with Crippen molar-refractivity contribution in [3.63, 3.8) is 0 Å². The first-order valence-corrected chi connectivity index (χ1v) is 14.8. The summed E-state index contributed by atoms with van der Waals surface area (Å²) in [5, 5.41) is 31.7. The van der Waals surface area contributed by atoms with Crippen LogP contribution < -0.4 is 20.1 Å². The van der Waals surface area contributed by atoms with E-state index in [0.29, 0.717) is 63.5 Å². The lowest BCUT2D eigenvalue weighted by molar-refractivity contribution is -0.124. The summed E-state index contributed by atoms with van der Waals surface area (Å²) >= 11 is 0. The zero-order valence-electron chi connectivity index (χ0n) is 24.8. The molecule has 1 aliphatic heterocycles. The molecule has 1 aliphatic rings. The molecule has 232 valence electrons. The number of amides is 2. The lowest BCUT2D eigenvalue weighted by atomic mass is 9.88. The van der Waals surface area contributed by atoms with Crippen molar-refractivity contribution in [3.05, 3.63) is 71.8 Å². The maximum absolute atomic E-state index is 12.4. The van der Waals surface area contributed by atoms with Crippen LogP contribution in [0, 0.1) is 5.92 Å². The number of hydrogen-bond acceptors (Lipinski definition) is 8. The predicted molar refractivity (Wildman–Crippen MR) is 166 cm³/mol. The first-order chi connectivity index (χ1) is 21.4. The van der Waals surface area contributed by atoms with E-state index < -0.39 is 0 Å². The highest BCUT2D eigenvalue weighted by atomic mass is 16.5. The number of nitrogens with one attached hydrogen (secondary N) is 2. The summed E-state index contributed by atoms with van der Waals surface area (Å²) in [6, 6.07) is 18.9. The molecule has 10 heteroatoms. The second-order valence-electron chi connectivity index (χ2n) is 10.9. The van der Waals surface area contributed by atoms with Crippen LogP contribution in [-0.2, 0) is 31.9 Å². The zero-order valence-corrected chi connectivity index (χ0v) is 24.8. The molecule has 0 atom stereocenters. The minimum absolute atomic E-state index is 0.0191. The summed E-state index contributed by atoms with van der Waals surface area (Å²) < 4.78 is 22.5. The van der Waals surface area contributed by atoms with Crippen molar-refractivity contribution in [3.8, 4) is 23.0 Å². The third-order valence-corrected chi connectivity index (χ3v) is 7.52. The number of aromatic hydroxyl groups is 2. The van der Waals surface area contributed by atoms with Crippen molar-refractivity contribution in [1.82, 2.24) is 10.6 Å².